The lowest BCUT2D eigenvalue weighted by Crippen LogP contribution is -2.39. The summed E-state index contributed by atoms with van der Waals surface area (Å²) < 4.78 is 0. The topological polar surface area (TPSA) is 111 Å². The van der Waals surface area contributed by atoms with E-state index < -0.39 is 5.97 Å². The molecule has 2 aromatic rings. The van der Waals surface area contributed by atoms with Gasteiger partial charge in [-0.3, -0.25) is 15.1 Å². The molecule has 0 aliphatic rings. The number of amides is 2. The van der Waals surface area contributed by atoms with Gasteiger partial charge in [0.25, 0.3) is 0 Å². The van der Waals surface area contributed by atoms with E-state index in [9.17, 15) is 9.59 Å². The molecule has 26 heavy (non-hydrogen) atoms. The molecular formula is C19H22N4O3. The maximum absolute atomic E-state index is 12.3. The Bertz CT molecular complexity index is 801. The van der Waals surface area contributed by atoms with Gasteiger partial charge in [-0.05, 0) is 23.3 Å². The molecule has 0 radical (unpaired) electrons. The molecule has 0 unspecified atom stereocenters. The number of hydrogen-bond donors (Lipinski definition) is 3. The Kier molecular flexibility index (Phi) is 5.95. The molecule has 2 amide bonds. The Morgan fingerprint density at radius 2 is 1.50 bits per heavy atom. The number of nitrogens with zero attached hydrogens (tertiary/aromatic N) is 2. The van der Waals surface area contributed by atoms with Crippen molar-refractivity contribution in [1.29, 1.82) is 5.41 Å². The van der Waals surface area contributed by atoms with E-state index in [1.807, 2.05) is 36.4 Å². The third kappa shape index (κ3) is 4.60. The van der Waals surface area contributed by atoms with Crippen LogP contribution < -0.4 is 10.6 Å². The second-order valence-electron chi connectivity index (χ2n) is 5.94. The molecule has 0 bridgehead atoms. The maximum Gasteiger partial charge on any atom is 0.323 e. The Balaban J connectivity index is 2.09. The van der Waals surface area contributed by atoms with E-state index in [1.165, 1.54) is 9.80 Å². The first-order chi connectivity index (χ1) is 12.3. The summed E-state index contributed by atoms with van der Waals surface area (Å²) in [5, 5.41) is 16.1. The molecule has 4 N–H and O–H groups in total. The molecule has 0 aromatic heterocycles. The number of nitrogen functional groups attached to an aromatic ring is 1. The number of nitrogens with one attached hydrogen (secondary N) is 1. The van der Waals surface area contributed by atoms with Crippen molar-refractivity contribution in [2.45, 2.75) is 6.42 Å². The Morgan fingerprint density at radius 1 is 1.00 bits per heavy atom. The number of carboxylic acid groups (broad SMARTS) is 1. The number of carbonyl (C=O) groups excluding carboxylic acids is 1. The Labute approximate surface area is 152 Å². The van der Waals surface area contributed by atoms with Crippen LogP contribution >= 0.6 is 0 Å². The van der Waals surface area contributed by atoms with Gasteiger partial charge in [0, 0.05) is 31.9 Å². The highest BCUT2D eigenvalue weighted by molar-refractivity contribution is 5.95. The maximum atomic E-state index is 12.3. The predicted octanol–water partition coefficient (Wildman–Crippen LogP) is 2.60. The molecule has 136 valence electrons. The van der Waals surface area contributed by atoms with Gasteiger partial charge in [0.2, 0.25) is 0 Å². The van der Waals surface area contributed by atoms with Crippen LogP contribution in [0.4, 0.5) is 10.5 Å². The highest BCUT2D eigenvalue weighted by atomic mass is 16.4. The summed E-state index contributed by atoms with van der Waals surface area (Å²) in [6, 6.07) is 14.6. The van der Waals surface area contributed by atoms with E-state index in [-0.39, 0.29) is 24.8 Å². The van der Waals surface area contributed by atoms with Crippen LogP contribution in [-0.4, -0.2) is 48.5 Å². The van der Waals surface area contributed by atoms with Gasteiger partial charge in [0.1, 0.15) is 5.84 Å². The molecular weight excluding hydrogens is 332 g/mol. The molecule has 0 atom stereocenters. The van der Waals surface area contributed by atoms with Crippen LogP contribution in [0.3, 0.4) is 0 Å². The van der Waals surface area contributed by atoms with Crippen LogP contribution in [0.1, 0.15) is 12.0 Å². The molecule has 7 heteroatoms. The van der Waals surface area contributed by atoms with Gasteiger partial charge in [0.05, 0.1) is 6.42 Å². The highest BCUT2D eigenvalue weighted by Gasteiger charge is 2.16. The summed E-state index contributed by atoms with van der Waals surface area (Å²) in [7, 11) is 3.23. The SMILES string of the molecule is CN(CCC(=O)O)C(=O)N(C)c1ccc(-c2ccc(C(=N)N)cc2)cc1. The number of anilines is 1. The van der Waals surface area contributed by atoms with Gasteiger partial charge in [-0.15, -0.1) is 0 Å². The molecule has 2 rings (SSSR count). The second-order valence-corrected chi connectivity index (χ2v) is 5.94. The average molecular weight is 354 g/mol. The van der Waals surface area contributed by atoms with Crippen LogP contribution in [0.25, 0.3) is 11.1 Å². The standard InChI is InChI=1S/C19H22N4O3/c1-22(12-11-17(24)25)19(26)23(2)16-9-7-14(8-10-16)13-3-5-15(6-4-13)18(20)21/h3-10H,11-12H2,1-2H3,(H3,20,21)(H,24,25). The summed E-state index contributed by atoms with van der Waals surface area (Å²) in [4.78, 5) is 25.8. The van der Waals surface area contributed by atoms with Crippen molar-refractivity contribution in [3.05, 3.63) is 54.1 Å². The molecule has 7 nitrogen and oxygen atoms in total. The number of rotatable bonds is 6. The molecule has 0 heterocycles. The van der Waals surface area contributed by atoms with E-state index in [0.717, 1.165) is 11.1 Å². The quantitative estimate of drug-likeness (QED) is 0.547. The fourth-order valence-electron chi connectivity index (χ4n) is 2.45. The van der Waals surface area contributed by atoms with Gasteiger partial charge >= 0.3 is 12.0 Å². The van der Waals surface area contributed by atoms with Crippen molar-refractivity contribution < 1.29 is 14.7 Å². The lowest BCUT2D eigenvalue weighted by atomic mass is 10.0. The minimum Gasteiger partial charge on any atom is -0.481 e. The van der Waals surface area contributed by atoms with E-state index in [1.54, 1.807) is 26.2 Å². The lowest BCUT2D eigenvalue weighted by molar-refractivity contribution is -0.137. The third-order valence-corrected chi connectivity index (χ3v) is 4.06. The van der Waals surface area contributed by atoms with Gasteiger partial charge < -0.3 is 15.7 Å². The first-order valence-electron chi connectivity index (χ1n) is 8.05. The Morgan fingerprint density at radius 3 is 1.96 bits per heavy atom. The summed E-state index contributed by atoms with van der Waals surface area (Å²) >= 11 is 0. The number of carboxylic acids is 1. The smallest absolute Gasteiger partial charge is 0.323 e. The number of amidine groups is 1. The number of nitrogens with two attached hydrogens (primary N) is 1. The molecule has 0 aliphatic heterocycles. The fraction of sp³-hybridized carbons (Fsp3) is 0.211. The number of benzene rings is 2. The number of urea groups is 1. The molecule has 0 saturated carbocycles. The fourth-order valence-corrected chi connectivity index (χ4v) is 2.45. The van der Waals surface area contributed by atoms with Crippen molar-refractivity contribution in [3.8, 4) is 11.1 Å². The molecule has 0 aliphatic carbocycles. The van der Waals surface area contributed by atoms with E-state index >= 15 is 0 Å². The monoisotopic (exact) mass is 354 g/mol. The van der Waals surface area contributed by atoms with E-state index in [4.69, 9.17) is 16.2 Å². The molecule has 2 aromatic carbocycles. The summed E-state index contributed by atoms with van der Waals surface area (Å²) in [6.07, 6.45) is -0.0920. The largest absolute Gasteiger partial charge is 0.481 e. The molecule has 0 fully saturated rings. The average Bonchev–Trinajstić information content (AvgIpc) is 2.65. The van der Waals surface area contributed by atoms with Crippen molar-refractivity contribution in [3.63, 3.8) is 0 Å². The van der Waals surface area contributed by atoms with Gasteiger partial charge in [-0.2, -0.15) is 0 Å². The normalized spacial score (nSPS) is 10.2. The van der Waals surface area contributed by atoms with E-state index in [2.05, 4.69) is 0 Å². The van der Waals surface area contributed by atoms with E-state index in [0.29, 0.717) is 11.3 Å². The van der Waals surface area contributed by atoms with Crippen molar-refractivity contribution in [1.82, 2.24) is 4.90 Å². The second kappa shape index (κ2) is 8.15. The van der Waals surface area contributed by atoms with Crippen LogP contribution in [0.15, 0.2) is 48.5 Å². The summed E-state index contributed by atoms with van der Waals surface area (Å²) in [5.74, 6) is -0.911. The van der Waals surface area contributed by atoms with Gasteiger partial charge in [-0.1, -0.05) is 36.4 Å². The molecule has 0 saturated heterocycles. The summed E-state index contributed by atoms with van der Waals surface area (Å²) in [5.41, 5.74) is 8.79. The van der Waals surface area contributed by atoms with Crippen molar-refractivity contribution in [2.24, 2.45) is 5.73 Å². The summed E-state index contributed by atoms with van der Waals surface area (Å²) in [6.45, 7) is 0.152. The first-order valence-corrected chi connectivity index (χ1v) is 8.05. The van der Waals surface area contributed by atoms with Gasteiger partial charge in [-0.25, -0.2) is 4.79 Å². The zero-order valence-corrected chi connectivity index (χ0v) is 14.8. The van der Waals surface area contributed by atoms with Crippen molar-refractivity contribution >= 4 is 23.5 Å². The first kappa shape index (κ1) is 19.0. The predicted molar refractivity (Wildman–Crippen MR) is 102 cm³/mol. The van der Waals surface area contributed by atoms with Crippen LogP contribution in [0.2, 0.25) is 0 Å². The zero-order chi connectivity index (χ0) is 19.3. The highest BCUT2D eigenvalue weighted by Crippen LogP contribution is 2.23. The van der Waals surface area contributed by atoms with Crippen LogP contribution in [-0.2, 0) is 4.79 Å². The van der Waals surface area contributed by atoms with Crippen LogP contribution in [0.5, 0.6) is 0 Å². The minimum atomic E-state index is -0.938. The third-order valence-electron chi connectivity index (χ3n) is 4.06. The number of aliphatic carboxylic acids is 1. The van der Waals surface area contributed by atoms with Crippen molar-refractivity contribution in [2.75, 3.05) is 25.5 Å². The number of hydrogen-bond acceptors (Lipinski definition) is 3. The van der Waals surface area contributed by atoms with Gasteiger partial charge in [0.15, 0.2) is 0 Å². The molecule has 0 spiro atoms. The number of carbonyl (C=O) groups is 2. The minimum absolute atomic E-state index is 0.0269. The zero-order valence-electron chi connectivity index (χ0n) is 14.8. The van der Waals surface area contributed by atoms with Crippen LogP contribution in [0, 0.1) is 5.41 Å². The lowest BCUT2D eigenvalue weighted by Gasteiger charge is -2.24. The Hall–Kier alpha value is -3.35.